The highest BCUT2D eigenvalue weighted by molar-refractivity contribution is 6.88. The van der Waals surface area contributed by atoms with Gasteiger partial charge in [0.15, 0.2) is 0 Å². The minimum atomic E-state index is -1.17. The summed E-state index contributed by atoms with van der Waals surface area (Å²) in [7, 11) is -1.17. The number of hydrogen-bond acceptors (Lipinski definition) is 2. The van der Waals surface area contributed by atoms with E-state index in [1.54, 1.807) is 0 Å². The standard InChI is InChI=1S/C15H27NOSi/c1-5-14(10-11-17)16-12-13-6-8-15(9-7-13)18(2,3)4/h6-9,14,16-17H,5,10-12H2,1-4H3. The van der Waals surface area contributed by atoms with E-state index in [4.69, 9.17) is 5.11 Å². The molecule has 0 aliphatic heterocycles. The summed E-state index contributed by atoms with van der Waals surface area (Å²) in [6, 6.07) is 9.43. The molecule has 1 aromatic carbocycles. The van der Waals surface area contributed by atoms with Crippen LogP contribution in [0.3, 0.4) is 0 Å². The Labute approximate surface area is 112 Å². The molecule has 0 fully saturated rings. The van der Waals surface area contributed by atoms with Gasteiger partial charge in [-0.3, -0.25) is 0 Å². The molecule has 0 radical (unpaired) electrons. The molecule has 0 heterocycles. The molecule has 2 N–H and O–H groups in total. The average molecular weight is 265 g/mol. The van der Waals surface area contributed by atoms with Crippen molar-refractivity contribution in [2.75, 3.05) is 6.61 Å². The van der Waals surface area contributed by atoms with Crippen molar-refractivity contribution in [3.63, 3.8) is 0 Å². The number of hydrogen-bond donors (Lipinski definition) is 2. The number of benzene rings is 1. The summed E-state index contributed by atoms with van der Waals surface area (Å²) < 4.78 is 0. The molecule has 1 atom stereocenters. The van der Waals surface area contributed by atoms with Crippen LogP contribution in [0.25, 0.3) is 0 Å². The lowest BCUT2D eigenvalue weighted by Crippen LogP contribution is -2.37. The second-order valence-electron chi connectivity index (χ2n) is 5.95. The molecule has 0 saturated heterocycles. The van der Waals surface area contributed by atoms with Crippen molar-refractivity contribution in [1.29, 1.82) is 0 Å². The molecule has 102 valence electrons. The molecule has 2 nitrogen and oxygen atoms in total. The molecular formula is C15H27NOSi. The predicted molar refractivity (Wildman–Crippen MR) is 82.0 cm³/mol. The number of nitrogens with one attached hydrogen (secondary N) is 1. The van der Waals surface area contributed by atoms with E-state index in [2.05, 4.69) is 56.1 Å². The Kier molecular flexibility index (Phi) is 6.06. The maximum atomic E-state index is 8.96. The van der Waals surface area contributed by atoms with Gasteiger partial charge in [-0.05, 0) is 18.4 Å². The van der Waals surface area contributed by atoms with Gasteiger partial charge in [-0.2, -0.15) is 0 Å². The third-order valence-corrected chi connectivity index (χ3v) is 5.45. The smallest absolute Gasteiger partial charge is 0.0775 e. The Balaban J connectivity index is 2.53. The number of rotatable bonds is 7. The van der Waals surface area contributed by atoms with Crippen LogP contribution in [0, 0.1) is 0 Å². The predicted octanol–water partition coefficient (Wildman–Crippen LogP) is 2.48. The van der Waals surface area contributed by atoms with Crippen LogP contribution in [0.5, 0.6) is 0 Å². The summed E-state index contributed by atoms with van der Waals surface area (Å²) in [5.74, 6) is 0. The topological polar surface area (TPSA) is 32.3 Å². The van der Waals surface area contributed by atoms with Gasteiger partial charge in [0.05, 0.1) is 8.07 Å². The van der Waals surface area contributed by atoms with Gasteiger partial charge in [0.1, 0.15) is 0 Å². The molecule has 0 aromatic heterocycles. The lowest BCUT2D eigenvalue weighted by atomic mass is 10.1. The van der Waals surface area contributed by atoms with Gasteiger partial charge in [0, 0.05) is 19.2 Å². The van der Waals surface area contributed by atoms with Crippen molar-refractivity contribution in [3.05, 3.63) is 29.8 Å². The SMILES string of the molecule is CCC(CCO)NCc1ccc([Si](C)(C)C)cc1. The van der Waals surface area contributed by atoms with Gasteiger partial charge in [-0.15, -0.1) is 0 Å². The van der Waals surface area contributed by atoms with E-state index in [0.717, 1.165) is 19.4 Å². The lowest BCUT2D eigenvalue weighted by Gasteiger charge is -2.18. The van der Waals surface area contributed by atoms with E-state index in [0.29, 0.717) is 6.04 Å². The van der Waals surface area contributed by atoms with Crippen molar-refractivity contribution in [2.24, 2.45) is 0 Å². The summed E-state index contributed by atoms with van der Waals surface area (Å²) >= 11 is 0. The zero-order chi connectivity index (χ0) is 13.6. The highest BCUT2D eigenvalue weighted by atomic mass is 28.3. The van der Waals surface area contributed by atoms with Crippen LogP contribution >= 0.6 is 0 Å². The molecule has 18 heavy (non-hydrogen) atoms. The van der Waals surface area contributed by atoms with Crippen LogP contribution in [-0.2, 0) is 6.54 Å². The van der Waals surface area contributed by atoms with Crippen molar-refractivity contribution in [2.45, 2.75) is 52.0 Å². The lowest BCUT2D eigenvalue weighted by molar-refractivity contribution is 0.262. The monoisotopic (exact) mass is 265 g/mol. The van der Waals surface area contributed by atoms with Crippen LogP contribution in [-0.4, -0.2) is 25.8 Å². The van der Waals surface area contributed by atoms with Crippen molar-refractivity contribution in [1.82, 2.24) is 5.32 Å². The van der Waals surface area contributed by atoms with Crippen LogP contribution in [0.1, 0.15) is 25.3 Å². The molecule has 0 aliphatic carbocycles. The molecule has 0 saturated carbocycles. The summed E-state index contributed by atoms with van der Waals surface area (Å²) in [6.45, 7) is 10.4. The minimum absolute atomic E-state index is 0.264. The van der Waals surface area contributed by atoms with E-state index in [-0.39, 0.29) is 6.61 Å². The second-order valence-corrected chi connectivity index (χ2v) is 11.0. The summed E-state index contributed by atoms with van der Waals surface area (Å²) in [6.07, 6.45) is 1.90. The molecule has 0 bridgehead atoms. The Morgan fingerprint density at radius 1 is 1.17 bits per heavy atom. The summed E-state index contributed by atoms with van der Waals surface area (Å²) in [5.41, 5.74) is 1.33. The van der Waals surface area contributed by atoms with Gasteiger partial charge < -0.3 is 10.4 Å². The Hall–Kier alpha value is -0.643. The van der Waals surface area contributed by atoms with Gasteiger partial charge >= 0.3 is 0 Å². The first-order chi connectivity index (χ1) is 8.47. The van der Waals surface area contributed by atoms with Crippen molar-refractivity contribution >= 4 is 13.3 Å². The Bertz CT molecular complexity index is 343. The second kappa shape index (κ2) is 7.07. The molecule has 0 amide bonds. The highest BCUT2D eigenvalue weighted by Gasteiger charge is 2.15. The van der Waals surface area contributed by atoms with Crippen LogP contribution in [0.15, 0.2) is 24.3 Å². The largest absolute Gasteiger partial charge is 0.396 e. The number of aliphatic hydroxyl groups excluding tert-OH is 1. The van der Waals surface area contributed by atoms with Gasteiger partial charge in [0.2, 0.25) is 0 Å². The molecule has 1 rings (SSSR count). The first-order valence-electron chi connectivity index (χ1n) is 6.91. The zero-order valence-corrected chi connectivity index (χ0v) is 13.2. The van der Waals surface area contributed by atoms with Crippen LogP contribution in [0.4, 0.5) is 0 Å². The maximum Gasteiger partial charge on any atom is 0.0775 e. The summed E-state index contributed by atoms with van der Waals surface area (Å²) in [5, 5.41) is 14.0. The van der Waals surface area contributed by atoms with E-state index in [1.807, 2.05) is 0 Å². The molecular weight excluding hydrogens is 238 g/mol. The van der Waals surface area contributed by atoms with E-state index >= 15 is 0 Å². The fraction of sp³-hybridized carbons (Fsp3) is 0.600. The van der Waals surface area contributed by atoms with E-state index in [9.17, 15) is 0 Å². The van der Waals surface area contributed by atoms with Crippen LogP contribution < -0.4 is 10.5 Å². The highest BCUT2D eigenvalue weighted by Crippen LogP contribution is 2.05. The van der Waals surface area contributed by atoms with Gasteiger partial charge in [-0.1, -0.05) is 56.0 Å². The Morgan fingerprint density at radius 2 is 1.78 bits per heavy atom. The molecule has 0 aliphatic rings. The average Bonchev–Trinajstić information content (AvgIpc) is 2.34. The fourth-order valence-electron chi connectivity index (χ4n) is 1.99. The first-order valence-corrected chi connectivity index (χ1v) is 10.4. The Morgan fingerprint density at radius 3 is 2.22 bits per heavy atom. The van der Waals surface area contributed by atoms with Gasteiger partial charge in [-0.25, -0.2) is 0 Å². The van der Waals surface area contributed by atoms with Crippen molar-refractivity contribution in [3.8, 4) is 0 Å². The molecule has 3 heteroatoms. The number of aliphatic hydroxyl groups is 1. The quantitative estimate of drug-likeness (QED) is 0.742. The van der Waals surface area contributed by atoms with Crippen molar-refractivity contribution < 1.29 is 5.11 Å². The van der Waals surface area contributed by atoms with E-state index in [1.165, 1.54) is 10.8 Å². The molecule has 0 spiro atoms. The minimum Gasteiger partial charge on any atom is -0.396 e. The fourth-order valence-corrected chi connectivity index (χ4v) is 3.16. The maximum absolute atomic E-state index is 8.96. The van der Waals surface area contributed by atoms with Crippen LogP contribution in [0.2, 0.25) is 19.6 Å². The van der Waals surface area contributed by atoms with E-state index < -0.39 is 8.07 Å². The third-order valence-electron chi connectivity index (χ3n) is 3.39. The molecule has 1 unspecified atom stereocenters. The summed E-state index contributed by atoms with van der Waals surface area (Å²) in [4.78, 5) is 0. The van der Waals surface area contributed by atoms with Gasteiger partial charge in [0.25, 0.3) is 0 Å². The first kappa shape index (κ1) is 15.4. The third kappa shape index (κ3) is 4.92. The zero-order valence-electron chi connectivity index (χ0n) is 12.2. The normalized spacial score (nSPS) is 13.6. The molecule has 1 aromatic rings.